The van der Waals surface area contributed by atoms with Crippen molar-refractivity contribution in [1.82, 2.24) is 0 Å². The number of ether oxygens (including phenoxy) is 1. The Morgan fingerprint density at radius 2 is 2.14 bits per heavy atom. The molecule has 0 aromatic heterocycles. The number of halogens is 2. The number of benzene rings is 1. The van der Waals surface area contributed by atoms with Gasteiger partial charge in [-0.05, 0) is 25.0 Å². The fraction of sp³-hybridized carbons (Fsp3) is 0.400. The Morgan fingerprint density at radius 1 is 1.50 bits per heavy atom. The molecule has 2 nitrogen and oxygen atoms in total. The first kappa shape index (κ1) is 10.3. The highest BCUT2D eigenvalue weighted by atomic mass is 79.9. The van der Waals surface area contributed by atoms with E-state index < -0.39 is 5.60 Å². The molecule has 0 bridgehead atoms. The quantitative estimate of drug-likeness (QED) is 0.900. The second-order valence-electron chi connectivity index (χ2n) is 3.50. The van der Waals surface area contributed by atoms with Crippen LogP contribution < -0.4 is 4.74 Å². The highest BCUT2D eigenvalue weighted by molar-refractivity contribution is 9.10. The van der Waals surface area contributed by atoms with Gasteiger partial charge < -0.3 is 9.84 Å². The topological polar surface area (TPSA) is 29.5 Å². The zero-order valence-electron chi connectivity index (χ0n) is 7.68. The van der Waals surface area contributed by atoms with Crippen LogP contribution in [0.3, 0.4) is 0 Å². The van der Waals surface area contributed by atoms with Gasteiger partial charge >= 0.3 is 0 Å². The summed E-state index contributed by atoms with van der Waals surface area (Å²) in [6.45, 7) is 0. The lowest BCUT2D eigenvalue weighted by atomic mass is 10.1. The first-order chi connectivity index (χ1) is 6.57. The molecule has 1 aromatic rings. The van der Waals surface area contributed by atoms with Gasteiger partial charge in [0, 0.05) is 15.1 Å². The van der Waals surface area contributed by atoms with Gasteiger partial charge in [-0.2, -0.15) is 0 Å². The van der Waals surface area contributed by atoms with Crippen LogP contribution >= 0.6 is 27.5 Å². The average Bonchev–Trinajstić information content (AvgIpc) is 2.82. The van der Waals surface area contributed by atoms with Crippen LogP contribution in [0.5, 0.6) is 5.75 Å². The van der Waals surface area contributed by atoms with E-state index >= 15 is 0 Å². The molecule has 0 heterocycles. The fourth-order valence-corrected chi connectivity index (χ4v) is 2.68. The summed E-state index contributed by atoms with van der Waals surface area (Å²) in [7, 11) is 1.58. The van der Waals surface area contributed by atoms with E-state index in [1.165, 1.54) is 0 Å². The molecule has 0 saturated heterocycles. The van der Waals surface area contributed by atoms with Gasteiger partial charge in [0.1, 0.15) is 5.75 Å². The lowest BCUT2D eigenvalue weighted by molar-refractivity contribution is 0.146. The Bertz CT molecular complexity index is 375. The van der Waals surface area contributed by atoms with Gasteiger partial charge in [0.15, 0.2) is 0 Å². The maximum atomic E-state index is 10.0. The number of hydrogen-bond acceptors (Lipinski definition) is 2. The Hall–Kier alpha value is -0.250. The first-order valence-electron chi connectivity index (χ1n) is 4.33. The third-order valence-electron chi connectivity index (χ3n) is 2.43. The van der Waals surface area contributed by atoms with Crippen LogP contribution in [0, 0.1) is 0 Å². The average molecular weight is 278 g/mol. The van der Waals surface area contributed by atoms with E-state index in [0.29, 0.717) is 10.8 Å². The Kier molecular flexibility index (Phi) is 2.50. The summed E-state index contributed by atoms with van der Waals surface area (Å²) in [5.41, 5.74) is 0.0961. The van der Waals surface area contributed by atoms with E-state index in [0.717, 1.165) is 22.9 Å². The third kappa shape index (κ3) is 1.64. The summed E-state index contributed by atoms with van der Waals surface area (Å²) in [5, 5.41) is 10.6. The van der Waals surface area contributed by atoms with Crippen molar-refractivity contribution in [3.8, 4) is 5.75 Å². The standard InChI is InChI=1S/C10H10BrClO2/c1-14-8-5-6(12)4-7(11)9(8)10(13)2-3-10/h4-5,13H,2-3H2,1H3. The molecule has 1 N–H and O–H groups in total. The monoisotopic (exact) mass is 276 g/mol. The normalized spacial score (nSPS) is 18.0. The lowest BCUT2D eigenvalue weighted by Crippen LogP contribution is -2.07. The maximum Gasteiger partial charge on any atom is 0.127 e. The van der Waals surface area contributed by atoms with E-state index in [-0.39, 0.29) is 0 Å². The SMILES string of the molecule is COc1cc(Cl)cc(Br)c1C1(O)CC1. The molecule has 0 unspecified atom stereocenters. The van der Waals surface area contributed by atoms with Crippen LogP contribution in [0.2, 0.25) is 5.02 Å². The van der Waals surface area contributed by atoms with Crippen LogP contribution in [0.1, 0.15) is 18.4 Å². The van der Waals surface area contributed by atoms with Crippen molar-refractivity contribution in [1.29, 1.82) is 0 Å². The molecule has 2 rings (SSSR count). The molecule has 14 heavy (non-hydrogen) atoms. The van der Waals surface area contributed by atoms with Crippen LogP contribution in [-0.4, -0.2) is 12.2 Å². The van der Waals surface area contributed by atoms with E-state index in [4.69, 9.17) is 16.3 Å². The molecule has 0 radical (unpaired) electrons. The Labute approximate surface area is 96.0 Å². The van der Waals surface area contributed by atoms with Crippen molar-refractivity contribution in [2.24, 2.45) is 0 Å². The largest absolute Gasteiger partial charge is 0.496 e. The lowest BCUT2D eigenvalue weighted by Gasteiger charge is -2.15. The second kappa shape index (κ2) is 3.40. The summed E-state index contributed by atoms with van der Waals surface area (Å²) in [5.74, 6) is 0.643. The van der Waals surface area contributed by atoms with Gasteiger partial charge in [-0.1, -0.05) is 27.5 Å². The van der Waals surface area contributed by atoms with Crippen LogP contribution in [-0.2, 0) is 5.60 Å². The van der Waals surface area contributed by atoms with Gasteiger partial charge in [0.2, 0.25) is 0 Å². The van der Waals surface area contributed by atoms with Crippen molar-refractivity contribution >= 4 is 27.5 Å². The van der Waals surface area contributed by atoms with Crippen molar-refractivity contribution < 1.29 is 9.84 Å². The minimum Gasteiger partial charge on any atom is -0.496 e. The zero-order valence-corrected chi connectivity index (χ0v) is 10.0. The molecule has 1 aliphatic rings. The number of hydrogen-bond donors (Lipinski definition) is 1. The summed E-state index contributed by atoms with van der Waals surface area (Å²) in [6, 6.07) is 3.49. The third-order valence-corrected chi connectivity index (χ3v) is 3.27. The molecule has 1 saturated carbocycles. The zero-order chi connectivity index (χ0) is 10.3. The van der Waals surface area contributed by atoms with Crippen LogP contribution in [0.25, 0.3) is 0 Å². The van der Waals surface area contributed by atoms with Crippen molar-refractivity contribution in [3.63, 3.8) is 0 Å². The number of methoxy groups -OCH3 is 1. The van der Waals surface area contributed by atoms with Gasteiger partial charge in [0.05, 0.1) is 12.7 Å². The van der Waals surface area contributed by atoms with Gasteiger partial charge in [0.25, 0.3) is 0 Å². The van der Waals surface area contributed by atoms with E-state index in [1.807, 2.05) is 0 Å². The molecule has 0 amide bonds. The first-order valence-corrected chi connectivity index (χ1v) is 5.50. The highest BCUT2D eigenvalue weighted by Crippen LogP contribution is 2.52. The minimum absolute atomic E-state index is 0.599. The van der Waals surface area contributed by atoms with Crippen molar-refractivity contribution in [2.45, 2.75) is 18.4 Å². The Balaban J connectivity index is 2.56. The van der Waals surface area contributed by atoms with E-state index in [2.05, 4.69) is 15.9 Å². The summed E-state index contributed by atoms with van der Waals surface area (Å²) < 4.78 is 6.01. The van der Waals surface area contributed by atoms with Gasteiger partial charge in [-0.3, -0.25) is 0 Å². The molecule has 4 heteroatoms. The molecule has 0 aliphatic heterocycles. The predicted octanol–water partition coefficient (Wildman–Crippen LogP) is 3.09. The highest BCUT2D eigenvalue weighted by Gasteiger charge is 2.45. The summed E-state index contributed by atoms with van der Waals surface area (Å²) in [6.07, 6.45) is 1.56. The molecule has 1 aromatic carbocycles. The predicted molar refractivity (Wildman–Crippen MR) is 58.8 cm³/mol. The smallest absolute Gasteiger partial charge is 0.127 e. The van der Waals surface area contributed by atoms with E-state index in [9.17, 15) is 5.11 Å². The minimum atomic E-state index is -0.714. The molecule has 76 valence electrons. The molecular weight excluding hydrogens is 267 g/mol. The van der Waals surface area contributed by atoms with Gasteiger partial charge in [-0.15, -0.1) is 0 Å². The van der Waals surface area contributed by atoms with Crippen LogP contribution in [0.15, 0.2) is 16.6 Å². The van der Waals surface area contributed by atoms with Crippen LogP contribution in [0.4, 0.5) is 0 Å². The molecular formula is C10H10BrClO2. The summed E-state index contributed by atoms with van der Waals surface area (Å²) in [4.78, 5) is 0. The Morgan fingerprint density at radius 3 is 2.64 bits per heavy atom. The van der Waals surface area contributed by atoms with Crippen molar-refractivity contribution in [2.75, 3.05) is 7.11 Å². The molecule has 0 spiro atoms. The number of aliphatic hydroxyl groups is 1. The number of rotatable bonds is 2. The summed E-state index contributed by atoms with van der Waals surface area (Å²) >= 11 is 9.27. The maximum absolute atomic E-state index is 10.0. The van der Waals surface area contributed by atoms with Crippen molar-refractivity contribution in [3.05, 3.63) is 27.2 Å². The second-order valence-corrected chi connectivity index (χ2v) is 4.79. The van der Waals surface area contributed by atoms with Gasteiger partial charge in [-0.25, -0.2) is 0 Å². The van der Waals surface area contributed by atoms with E-state index in [1.54, 1.807) is 19.2 Å². The molecule has 1 aliphatic carbocycles. The molecule has 0 atom stereocenters. The molecule has 1 fully saturated rings. The fourth-order valence-electron chi connectivity index (χ4n) is 1.53.